The normalized spacial score (nSPS) is 19.7. The van der Waals surface area contributed by atoms with Crippen LogP contribution in [0, 0.1) is 0 Å². The number of rotatable bonds is 5. The molecule has 2 nitrogen and oxygen atoms in total. The minimum atomic E-state index is 0.596. The monoisotopic (exact) mass is 303 g/mol. The van der Waals surface area contributed by atoms with Gasteiger partial charge >= 0.3 is 0 Å². The molecule has 3 aromatic carbocycles. The fourth-order valence-corrected chi connectivity index (χ4v) is 3.40. The van der Waals surface area contributed by atoms with E-state index in [2.05, 4.69) is 72.0 Å². The van der Waals surface area contributed by atoms with E-state index < -0.39 is 0 Å². The Kier molecular flexibility index (Phi) is 3.76. The van der Waals surface area contributed by atoms with Crippen LogP contribution in [0.2, 0.25) is 0 Å². The van der Waals surface area contributed by atoms with Crippen molar-refractivity contribution < 1.29 is 4.74 Å². The molecule has 0 spiro atoms. The van der Waals surface area contributed by atoms with Crippen molar-refractivity contribution in [2.75, 3.05) is 7.11 Å². The molecule has 0 heterocycles. The lowest BCUT2D eigenvalue weighted by Crippen LogP contribution is -2.17. The Bertz CT molecular complexity index is 812. The number of benzene rings is 3. The highest BCUT2D eigenvalue weighted by atomic mass is 16.5. The highest BCUT2D eigenvalue weighted by Crippen LogP contribution is 2.41. The van der Waals surface area contributed by atoms with Crippen molar-refractivity contribution in [3.63, 3.8) is 0 Å². The van der Waals surface area contributed by atoms with Crippen LogP contribution >= 0.6 is 0 Å². The maximum atomic E-state index is 5.47. The Hall–Kier alpha value is -2.32. The summed E-state index contributed by atoms with van der Waals surface area (Å²) in [4.78, 5) is 0. The van der Waals surface area contributed by atoms with Crippen LogP contribution in [0.4, 0.5) is 0 Å². The van der Waals surface area contributed by atoms with Crippen molar-refractivity contribution in [3.8, 4) is 5.75 Å². The van der Waals surface area contributed by atoms with Gasteiger partial charge in [0.05, 0.1) is 7.11 Å². The second-order valence-electron chi connectivity index (χ2n) is 6.21. The van der Waals surface area contributed by atoms with Crippen molar-refractivity contribution >= 4 is 10.8 Å². The summed E-state index contributed by atoms with van der Waals surface area (Å²) in [6.07, 6.45) is 1.23. The summed E-state index contributed by atoms with van der Waals surface area (Å²) >= 11 is 0. The van der Waals surface area contributed by atoms with Gasteiger partial charge in [-0.25, -0.2) is 0 Å². The standard InChI is InChI=1S/C21H21NO/c1-23-21-12-11-16(17-9-5-6-10-18(17)21)14-22-20-13-19(20)15-7-3-2-4-8-15/h2-12,19-20,22H,13-14H2,1H3/t19?,20-/m0/s1. The lowest BCUT2D eigenvalue weighted by molar-refractivity contribution is 0.419. The van der Waals surface area contributed by atoms with Gasteiger partial charge in [-0.2, -0.15) is 0 Å². The van der Waals surface area contributed by atoms with E-state index in [0.29, 0.717) is 12.0 Å². The first-order chi connectivity index (χ1) is 11.4. The van der Waals surface area contributed by atoms with Crippen molar-refractivity contribution in [2.24, 2.45) is 0 Å². The molecule has 0 amide bonds. The highest BCUT2D eigenvalue weighted by molar-refractivity contribution is 5.91. The molecule has 4 rings (SSSR count). The van der Waals surface area contributed by atoms with Gasteiger partial charge in [0.15, 0.2) is 0 Å². The van der Waals surface area contributed by atoms with Gasteiger partial charge in [0.25, 0.3) is 0 Å². The van der Waals surface area contributed by atoms with Crippen LogP contribution in [0.15, 0.2) is 66.7 Å². The molecule has 2 atom stereocenters. The van der Waals surface area contributed by atoms with E-state index in [1.807, 2.05) is 0 Å². The number of hydrogen-bond donors (Lipinski definition) is 1. The molecular weight excluding hydrogens is 282 g/mol. The van der Waals surface area contributed by atoms with Gasteiger partial charge in [-0.1, -0.05) is 60.7 Å². The van der Waals surface area contributed by atoms with Crippen LogP contribution in [0.3, 0.4) is 0 Å². The molecular formula is C21H21NO. The van der Waals surface area contributed by atoms with E-state index in [9.17, 15) is 0 Å². The van der Waals surface area contributed by atoms with Gasteiger partial charge in [0.1, 0.15) is 5.75 Å². The van der Waals surface area contributed by atoms with Crippen LogP contribution in [-0.2, 0) is 6.54 Å². The minimum absolute atomic E-state index is 0.596. The summed E-state index contributed by atoms with van der Waals surface area (Å²) in [6, 6.07) is 24.1. The molecule has 0 aliphatic heterocycles. The largest absolute Gasteiger partial charge is 0.496 e. The van der Waals surface area contributed by atoms with Crippen LogP contribution in [0.1, 0.15) is 23.5 Å². The topological polar surface area (TPSA) is 21.3 Å². The van der Waals surface area contributed by atoms with Crippen LogP contribution in [0.25, 0.3) is 10.8 Å². The molecule has 1 aliphatic carbocycles. The van der Waals surface area contributed by atoms with Gasteiger partial charge in [-0.15, -0.1) is 0 Å². The molecule has 0 bridgehead atoms. The van der Waals surface area contributed by atoms with E-state index in [4.69, 9.17) is 4.74 Å². The predicted octanol–water partition coefficient (Wildman–Crippen LogP) is 4.49. The third-order valence-electron chi connectivity index (χ3n) is 4.77. The van der Waals surface area contributed by atoms with Crippen LogP contribution in [-0.4, -0.2) is 13.2 Å². The first kappa shape index (κ1) is 14.3. The Morgan fingerprint density at radius 3 is 2.43 bits per heavy atom. The third kappa shape index (κ3) is 2.82. The Balaban J connectivity index is 1.49. The second-order valence-corrected chi connectivity index (χ2v) is 6.21. The molecule has 0 saturated heterocycles. The smallest absolute Gasteiger partial charge is 0.126 e. The zero-order valence-electron chi connectivity index (χ0n) is 13.3. The quantitative estimate of drug-likeness (QED) is 0.749. The lowest BCUT2D eigenvalue weighted by Gasteiger charge is -2.11. The highest BCUT2D eigenvalue weighted by Gasteiger charge is 2.37. The van der Waals surface area contributed by atoms with Crippen LogP contribution < -0.4 is 10.1 Å². The zero-order chi connectivity index (χ0) is 15.6. The molecule has 0 aromatic heterocycles. The molecule has 0 radical (unpaired) electrons. The summed E-state index contributed by atoms with van der Waals surface area (Å²) in [5, 5.41) is 6.17. The van der Waals surface area contributed by atoms with Gasteiger partial charge in [-0.05, 0) is 29.0 Å². The summed E-state index contributed by atoms with van der Waals surface area (Å²) in [5.41, 5.74) is 2.78. The minimum Gasteiger partial charge on any atom is -0.496 e. The Labute approximate surface area is 137 Å². The number of methoxy groups -OCH3 is 1. The van der Waals surface area contributed by atoms with E-state index in [1.165, 1.54) is 28.3 Å². The van der Waals surface area contributed by atoms with Gasteiger partial charge in [0.2, 0.25) is 0 Å². The molecule has 1 saturated carbocycles. The molecule has 3 aromatic rings. The van der Waals surface area contributed by atoms with Crippen LogP contribution in [0.5, 0.6) is 5.75 Å². The van der Waals surface area contributed by atoms with Crippen molar-refractivity contribution in [1.82, 2.24) is 5.32 Å². The Morgan fingerprint density at radius 2 is 1.65 bits per heavy atom. The van der Waals surface area contributed by atoms with E-state index in [1.54, 1.807) is 7.11 Å². The van der Waals surface area contributed by atoms with Gasteiger partial charge < -0.3 is 10.1 Å². The molecule has 116 valence electrons. The molecule has 1 unspecified atom stereocenters. The molecule has 23 heavy (non-hydrogen) atoms. The summed E-state index contributed by atoms with van der Waals surface area (Å²) in [6.45, 7) is 0.901. The summed E-state index contributed by atoms with van der Waals surface area (Å²) in [7, 11) is 1.73. The number of fused-ring (bicyclic) bond motifs is 1. The molecule has 1 fully saturated rings. The summed E-state index contributed by atoms with van der Waals surface area (Å²) < 4.78 is 5.47. The first-order valence-corrected chi connectivity index (χ1v) is 8.20. The van der Waals surface area contributed by atoms with Gasteiger partial charge in [0, 0.05) is 23.9 Å². The fraction of sp³-hybridized carbons (Fsp3) is 0.238. The van der Waals surface area contributed by atoms with Crippen molar-refractivity contribution in [1.29, 1.82) is 0 Å². The van der Waals surface area contributed by atoms with E-state index in [-0.39, 0.29) is 0 Å². The zero-order valence-corrected chi connectivity index (χ0v) is 13.3. The lowest BCUT2D eigenvalue weighted by atomic mass is 10.0. The fourth-order valence-electron chi connectivity index (χ4n) is 3.40. The van der Waals surface area contributed by atoms with Gasteiger partial charge in [-0.3, -0.25) is 0 Å². The second kappa shape index (κ2) is 6.05. The third-order valence-corrected chi connectivity index (χ3v) is 4.77. The van der Waals surface area contributed by atoms with E-state index >= 15 is 0 Å². The molecule has 2 heteroatoms. The predicted molar refractivity (Wildman–Crippen MR) is 94.9 cm³/mol. The maximum Gasteiger partial charge on any atom is 0.126 e. The average molecular weight is 303 g/mol. The van der Waals surface area contributed by atoms with Crippen molar-refractivity contribution in [3.05, 3.63) is 77.9 Å². The van der Waals surface area contributed by atoms with Crippen molar-refractivity contribution in [2.45, 2.75) is 24.9 Å². The molecule has 1 aliphatic rings. The Morgan fingerprint density at radius 1 is 0.913 bits per heavy atom. The SMILES string of the molecule is COc1ccc(CN[C@H]2CC2c2ccccc2)c2ccccc12. The first-order valence-electron chi connectivity index (χ1n) is 8.20. The number of nitrogens with one attached hydrogen (secondary N) is 1. The average Bonchev–Trinajstić information content (AvgIpc) is 3.40. The summed E-state index contributed by atoms with van der Waals surface area (Å²) in [5.74, 6) is 1.61. The maximum absolute atomic E-state index is 5.47. The number of hydrogen-bond acceptors (Lipinski definition) is 2. The number of ether oxygens (including phenoxy) is 1. The molecule has 1 N–H and O–H groups in total. The van der Waals surface area contributed by atoms with E-state index in [0.717, 1.165) is 12.3 Å².